The van der Waals surface area contributed by atoms with Crippen molar-refractivity contribution in [3.05, 3.63) is 0 Å². The van der Waals surface area contributed by atoms with E-state index in [1.165, 1.54) is 51.4 Å². The van der Waals surface area contributed by atoms with Crippen LogP contribution in [0.2, 0.25) is 0 Å². The molecule has 0 saturated heterocycles. The van der Waals surface area contributed by atoms with E-state index >= 15 is 0 Å². The topological polar surface area (TPSA) is 26.0 Å². The van der Waals surface area contributed by atoms with Gasteiger partial charge in [-0.25, -0.2) is 0 Å². The van der Waals surface area contributed by atoms with Crippen LogP contribution in [0.15, 0.2) is 0 Å². The number of hydrogen-bond acceptors (Lipinski definition) is 1. The summed E-state index contributed by atoms with van der Waals surface area (Å²) in [7, 11) is 0. The molecule has 82 valence electrons. The summed E-state index contributed by atoms with van der Waals surface area (Å²) in [5, 5.41) is 0. The summed E-state index contributed by atoms with van der Waals surface area (Å²) in [6.45, 7) is 3.34. The summed E-state index contributed by atoms with van der Waals surface area (Å²) in [4.78, 5) is 0. The van der Waals surface area contributed by atoms with Crippen LogP contribution in [0.5, 0.6) is 0 Å². The maximum absolute atomic E-state index is 5.97. The van der Waals surface area contributed by atoms with Crippen molar-refractivity contribution < 1.29 is 0 Å². The third-order valence-corrected chi connectivity index (χ3v) is 4.51. The minimum Gasteiger partial charge on any atom is -0.330 e. The predicted molar refractivity (Wildman–Crippen MR) is 61.1 cm³/mol. The van der Waals surface area contributed by atoms with Crippen molar-refractivity contribution >= 4 is 0 Å². The van der Waals surface area contributed by atoms with Crippen LogP contribution >= 0.6 is 0 Å². The van der Waals surface area contributed by atoms with Crippen molar-refractivity contribution in [1.29, 1.82) is 0 Å². The van der Waals surface area contributed by atoms with Gasteiger partial charge in [0.1, 0.15) is 0 Å². The molecule has 0 amide bonds. The molecule has 2 aliphatic carbocycles. The summed E-state index contributed by atoms with van der Waals surface area (Å²) < 4.78 is 0. The molecular formula is C13H25N. The molecule has 14 heavy (non-hydrogen) atoms. The van der Waals surface area contributed by atoms with Gasteiger partial charge in [0.2, 0.25) is 0 Å². The zero-order valence-corrected chi connectivity index (χ0v) is 9.60. The number of nitrogens with two attached hydrogens (primary N) is 1. The van der Waals surface area contributed by atoms with E-state index in [2.05, 4.69) is 6.92 Å². The van der Waals surface area contributed by atoms with E-state index in [0.29, 0.717) is 5.41 Å². The van der Waals surface area contributed by atoms with E-state index in [-0.39, 0.29) is 0 Å². The molecule has 1 atom stereocenters. The van der Waals surface area contributed by atoms with Gasteiger partial charge in [-0.2, -0.15) is 0 Å². The second-order valence-corrected chi connectivity index (χ2v) is 5.84. The van der Waals surface area contributed by atoms with Crippen molar-refractivity contribution in [2.45, 2.75) is 58.3 Å². The standard InChI is InChI=1S/C13H25N/c1-13(10-14,12-7-8-12)9-11-5-3-2-4-6-11/h11-12H,2-10,14H2,1H3. The molecule has 2 aliphatic rings. The first kappa shape index (κ1) is 10.5. The molecule has 1 nitrogen and oxygen atoms in total. The fourth-order valence-corrected chi connectivity index (χ4v) is 3.25. The van der Waals surface area contributed by atoms with Gasteiger partial charge in [0.15, 0.2) is 0 Å². The van der Waals surface area contributed by atoms with Crippen LogP contribution in [0.3, 0.4) is 0 Å². The molecule has 0 bridgehead atoms. The van der Waals surface area contributed by atoms with Gasteiger partial charge >= 0.3 is 0 Å². The molecular weight excluding hydrogens is 170 g/mol. The molecule has 0 aromatic rings. The average Bonchev–Trinajstić information content (AvgIpc) is 3.03. The summed E-state index contributed by atoms with van der Waals surface area (Å²) >= 11 is 0. The summed E-state index contributed by atoms with van der Waals surface area (Å²) in [5.74, 6) is 1.97. The zero-order valence-electron chi connectivity index (χ0n) is 9.60. The van der Waals surface area contributed by atoms with Gasteiger partial charge in [0, 0.05) is 0 Å². The van der Waals surface area contributed by atoms with Gasteiger partial charge in [-0.05, 0) is 43.1 Å². The Bertz CT molecular complexity index is 180. The van der Waals surface area contributed by atoms with E-state index < -0.39 is 0 Å². The second-order valence-electron chi connectivity index (χ2n) is 5.84. The Labute approximate surface area is 88.4 Å². The van der Waals surface area contributed by atoms with Gasteiger partial charge in [-0.15, -0.1) is 0 Å². The Balaban J connectivity index is 1.86. The SMILES string of the molecule is CC(CN)(CC1CCCCC1)C1CC1. The van der Waals surface area contributed by atoms with Crippen LogP contribution in [0.1, 0.15) is 58.3 Å². The lowest BCUT2D eigenvalue weighted by Gasteiger charge is -2.34. The monoisotopic (exact) mass is 195 g/mol. The molecule has 0 heterocycles. The highest BCUT2D eigenvalue weighted by molar-refractivity contribution is 4.93. The number of rotatable bonds is 4. The average molecular weight is 195 g/mol. The second kappa shape index (κ2) is 4.22. The normalized spacial score (nSPS) is 28.7. The Morgan fingerprint density at radius 1 is 1.07 bits per heavy atom. The smallest absolute Gasteiger partial charge is 0.00204 e. The Morgan fingerprint density at radius 2 is 1.71 bits per heavy atom. The maximum Gasteiger partial charge on any atom is -0.00204 e. The third-order valence-electron chi connectivity index (χ3n) is 4.51. The first-order valence-corrected chi connectivity index (χ1v) is 6.45. The van der Waals surface area contributed by atoms with E-state index in [1.54, 1.807) is 0 Å². The molecule has 2 N–H and O–H groups in total. The van der Waals surface area contributed by atoms with E-state index in [9.17, 15) is 0 Å². The van der Waals surface area contributed by atoms with Crippen LogP contribution < -0.4 is 5.73 Å². The van der Waals surface area contributed by atoms with Crippen LogP contribution in [0.25, 0.3) is 0 Å². The van der Waals surface area contributed by atoms with Crippen LogP contribution in [0.4, 0.5) is 0 Å². The quantitative estimate of drug-likeness (QED) is 0.731. The Kier molecular flexibility index (Phi) is 3.16. The summed E-state index contributed by atoms with van der Waals surface area (Å²) in [6.07, 6.45) is 11.7. The van der Waals surface area contributed by atoms with Crippen LogP contribution in [-0.4, -0.2) is 6.54 Å². The summed E-state index contributed by atoms with van der Waals surface area (Å²) in [6, 6.07) is 0. The van der Waals surface area contributed by atoms with Crippen molar-refractivity contribution in [3.63, 3.8) is 0 Å². The molecule has 2 rings (SSSR count). The largest absolute Gasteiger partial charge is 0.330 e. The third kappa shape index (κ3) is 2.31. The lowest BCUT2D eigenvalue weighted by atomic mass is 9.73. The van der Waals surface area contributed by atoms with Crippen molar-refractivity contribution in [1.82, 2.24) is 0 Å². The van der Waals surface area contributed by atoms with Gasteiger partial charge in [0.05, 0.1) is 0 Å². The van der Waals surface area contributed by atoms with Crippen molar-refractivity contribution in [2.24, 2.45) is 23.0 Å². The highest BCUT2D eigenvalue weighted by Gasteiger charge is 2.41. The van der Waals surface area contributed by atoms with E-state index in [4.69, 9.17) is 5.73 Å². The lowest BCUT2D eigenvalue weighted by Crippen LogP contribution is -2.32. The van der Waals surface area contributed by atoms with Gasteiger partial charge in [-0.3, -0.25) is 0 Å². The zero-order chi connectivity index (χ0) is 10.0. The predicted octanol–water partition coefficient (Wildman–Crippen LogP) is 3.33. The highest BCUT2D eigenvalue weighted by atomic mass is 14.6. The fourth-order valence-electron chi connectivity index (χ4n) is 3.25. The fraction of sp³-hybridized carbons (Fsp3) is 1.00. The van der Waals surface area contributed by atoms with Crippen molar-refractivity contribution in [3.8, 4) is 0 Å². The van der Waals surface area contributed by atoms with Crippen molar-refractivity contribution in [2.75, 3.05) is 6.54 Å². The summed E-state index contributed by atoms with van der Waals surface area (Å²) in [5.41, 5.74) is 6.45. The van der Waals surface area contributed by atoms with Crippen LogP contribution in [-0.2, 0) is 0 Å². The van der Waals surface area contributed by atoms with Gasteiger partial charge < -0.3 is 5.73 Å². The minimum atomic E-state index is 0.488. The molecule has 2 saturated carbocycles. The number of hydrogen-bond donors (Lipinski definition) is 1. The minimum absolute atomic E-state index is 0.488. The molecule has 0 spiro atoms. The first-order chi connectivity index (χ1) is 6.74. The van der Waals surface area contributed by atoms with Gasteiger partial charge in [0.25, 0.3) is 0 Å². The van der Waals surface area contributed by atoms with E-state index in [0.717, 1.165) is 18.4 Å². The first-order valence-electron chi connectivity index (χ1n) is 6.45. The van der Waals surface area contributed by atoms with Gasteiger partial charge in [-0.1, -0.05) is 39.0 Å². The molecule has 0 radical (unpaired) electrons. The Morgan fingerprint density at radius 3 is 2.21 bits per heavy atom. The Hall–Kier alpha value is -0.0400. The van der Waals surface area contributed by atoms with E-state index in [1.807, 2.05) is 0 Å². The highest BCUT2D eigenvalue weighted by Crippen LogP contribution is 2.49. The van der Waals surface area contributed by atoms with Crippen LogP contribution in [0, 0.1) is 17.3 Å². The molecule has 0 aromatic carbocycles. The lowest BCUT2D eigenvalue weighted by molar-refractivity contribution is 0.182. The molecule has 0 aromatic heterocycles. The molecule has 2 fully saturated rings. The molecule has 1 heteroatoms. The molecule has 0 aliphatic heterocycles. The molecule has 1 unspecified atom stereocenters. The maximum atomic E-state index is 5.97.